The van der Waals surface area contributed by atoms with Gasteiger partial charge >= 0.3 is 6.03 Å². The number of carbonyl (C=O) groups is 3. The number of barbiturate groups is 1. The molecule has 188 valence electrons. The van der Waals surface area contributed by atoms with E-state index < -0.39 is 17.8 Å². The number of ether oxygens (including phenoxy) is 3. The van der Waals surface area contributed by atoms with Crippen molar-refractivity contribution in [3.05, 3.63) is 84.8 Å². The van der Waals surface area contributed by atoms with Crippen molar-refractivity contribution in [1.82, 2.24) is 5.32 Å². The lowest BCUT2D eigenvalue weighted by molar-refractivity contribution is -0.122. The summed E-state index contributed by atoms with van der Waals surface area (Å²) in [6.07, 6.45) is 1.41. The largest absolute Gasteiger partial charge is 0.487 e. The molecule has 1 N–H and O–H groups in total. The lowest BCUT2D eigenvalue weighted by Gasteiger charge is -2.26. The number of urea groups is 1. The predicted octanol–water partition coefficient (Wildman–Crippen LogP) is 6.15. The van der Waals surface area contributed by atoms with Crippen molar-refractivity contribution >= 4 is 73.1 Å². The summed E-state index contributed by atoms with van der Waals surface area (Å²) in [5.41, 5.74) is 2.26. The fraction of sp³-hybridized carbons (Fsp3) is 0.115. The Morgan fingerprint density at radius 3 is 2.49 bits per heavy atom. The Morgan fingerprint density at radius 2 is 1.76 bits per heavy atom. The molecule has 4 amide bonds. The zero-order valence-electron chi connectivity index (χ0n) is 19.1. The molecule has 0 atom stereocenters. The van der Waals surface area contributed by atoms with E-state index in [1.54, 1.807) is 31.2 Å². The van der Waals surface area contributed by atoms with Crippen LogP contribution >= 0.6 is 43.5 Å². The van der Waals surface area contributed by atoms with Gasteiger partial charge in [0.25, 0.3) is 11.8 Å². The van der Waals surface area contributed by atoms with Crippen molar-refractivity contribution in [2.24, 2.45) is 0 Å². The normalized spacial score (nSPS) is 15.8. The molecule has 0 spiro atoms. The second kappa shape index (κ2) is 10.2. The lowest BCUT2D eigenvalue weighted by Crippen LogP contribution is -2.54. The minimum Gasteiger partial charge on any atom is -0.487 e. The summed E-state index contributed by atoms with van der Waals surface area (Å²) in [4.78, 5) is 39.1. The molecule has 2 heterocycles. The lowest BCUT2D eigenvalue weighted by atomic mass is 10.1. The van der Waals surface area contributed by atoms with E-state index in [2.05, 4.69) is 37.2 Å². The second-order valence-electron chi connectivity index (χ2n) is 8.18. The smallest absolute Gasteiger partial charge is 0.335 e. The highest BCUT2D eigenvalue weighted by atomic mass is 79.9. The van der Waals surface area contributed by atoms with Gasteiger partial charge in [-0.3, -0.25) is 14.9 Å². The molecule has 5 rings (SSSR count). The maximum Gasteiger partial charge on any atom is 0.335 e. The van der Waals surface area contributed by atoms with Crippen molar-refractivity contribution < 1.29 is 28.6 Å². The summed E-state index contributed by atoms with van der Waals surface area (Å²) in [5, 5.41) is 2.60. The molecule has 0 bridgehead atoms. The minimum atomic E-state index is -0.846. The molecule has 1 fully saturated rings. The first-order valence-corrected chi connectivity index (χ1v) is 12.9. The minimum absolute atomic E-state index is 0.193. The van der Waals surface area contributed by atoms with Crippen molar-refractivity contribution in [2.75, 3.05) is 11.7 Å². The highest BCUT2D eigenvalue weighted by Gasteiger charge is 2.37. The number of imide groups is 2. The molecular formula is C26H17Br2ClN2O6. The van der Waals surface area contributed by atoms with Gasteiger partial charge in [-0.25, -0.2) is 9.69 Å². The number of amides is 4. The average Bonchev–Trinajstić information content (AvgIpc) is 3.31. The summed E-state index contributed by atoms with van der Waals surface area (Å²) in [5.74, 6) is 0.335. The Bertz CT molecular complexity index is 1480. The van der Waals surface area contributed by atoms with Crippen LogP contribution in [0.1, 0.15) is 16.7 Å². The molecule has 2 aliphatic rings. The van der Waals surface area contributed by atoms with Crippen molar-refractivity contribution in [3.63, 3.8) is 0 Å². The van der Waals surface area contributed by atoms with Gasteiger partial charge in [-0.1, -0.05) is 23.7 Å². The number of halogens is 3. The third-order valence-electron chi connectivity index (χ3n) is 5.67. The van der Waals surface area contributed by atoms with Crippen LogP contribution in [-0.2, 0) is 16.2 Å². The molecular weight excluding hydrogens is 632 g/mol. The van der Waals surface area contributed by atoms with Crippen LogP contribution in [0.25, 0.3) is 6.08 Å². The predicted molar refractivity (Wildman–Crippen MR) is 144 cm³/mol. The molecule has 11 heteroatoms. The maximum atomic E-state index is 13.2. The van der Waals surface area contributed by atoms with Gasteiger partial charge in [-0.2, -0.15) is 0 Å². The first kappa shape index (κ1) is 25.3. The van der Waals surface area contributed by atoms with E-state index in [1.165, 1.54) is 12.1 Å². The molecule has 2 aliphatic heterocycles. The second-order valence-corrected chi connectivity index (χ2v) is 10.3. The van der Waals surface area contributed by atoms with Gasteiger partial charge in [0.2, 0.25) is 6.79 Å². The third-order valence-corrected chi connectivity index (χ3v) is 7.25. The number of nitrogens with one attached hydrogen (secondary N) is 1. The summed E-state index contributed by atoms with van der Waals surface area (Å²) < 4.78 is 17.9. The van der Waals surface area contributed by atoms with Gasteiger partial charge in [-0.05, 0) is 97.9 Å². The van der Waals surface area contributed by atoms with Crippen LogP contribution in [0.5, 0.6) is 17.2 Å². The SMILES string of the molecule is Cc1ccc(N2C(=O)NC(=O)/C(=C/c3cc(Br)c(OCc4ccc5c(c4)OCO5)c(Br)c3)C2=O)cc1Cl. The van der Waals surface area contributed by atoms with Crippen LogP contribution in [0.15, 0.2) is 63.0 Å². The fourth-order valence-electron chi connectivity index (χ4n) is 3.77. The molecule has 0 unspecified atom stereocenters. The zero-order chi connectivity index (χ0) is 26.3. The third kappa shape index (κ3) is 5.09. The average molecular weight is 649 g/mol. The van der Waals surface area contributed by atoms with Gasteiger partial charge in [0.15, 0.2) is 11.5 Å². The van der Waals surface area contributed by atoms with E-state index >= 15 is 0 Å². The Hall–Kier alpha value is -3.34. The molecule has 0 saturated carbocycles. The summed E-state index contributed by atoms with van der Waals surface area (Å²) in [6.45, 7) is 2.27. The van der Waals surface area contributed by atoms with Gasteiger partial charge < -0.3 is 14.2 Å². The van der Waals surface area contributed by atoms with Crippen LogP contribution in [-0.4, -0.2) is 24.6 Å². The number of rotatable bonds is 5. The molecule has 1 saturated heterocycles. The highest BCUT2D eigenvalue weighted by molar-refractivity contribution is 9.11. The van der Waals surface area contributed by atoms with E-state index in [0.717, 1.165) is 16.0 Å². The van der Waals surface area contributed by atoms with Crippen molar-refractivity contribution in [2.45, 2.75) is 13.5 Å². The Morgan fingerprint density at radius 1 is 1.03 bits per heavy atom. The van der Waals surface area contributed by atoms with Crippen molar-refractivity contribution in [3.8, 4) is 17.2 Å². The van der Waals surface area contributed by atoms with Crippen LogP contribution in [0.3, 0.4) is 0 Å². The van der Waals surface area contributed by atoms with E-state index in [4.69, 9.17) is 25.8 Å². The van der Waals surface area contributed by atoms with E-state index in [0.29, 0.717) is 36.8 Å². The van der Waals surface area contributed by atoms with Crippen LogP contribution in [0.2, 0.25) is 5.02 Å². The Kier molecular flexibility index (Phi) is 6.98. The molecule has 0 aromatic heterocycles. The number of aryl methyl sites for hydroxylation is 1. The number of nitrogens with zero attached hydrogens (tertiary/aromatic N) is 1. The summed E-state index contributed by atoms with van der Waals surface area (Å²) >= 11 is 13.2. The molecule has 0 aliphatic carbocycles. The highest BCUT2D eigenvalue weighted by Crippen LogP contribution is 2.37. The van der Waals surface area contributed by atoms with Crippen LogP contribution in [0.4, 0.5) is 10.5 Å². The van der Waals surface area contributed by atoms with E-state index in [-0.39, 0.29) is 24.7 Å². The first-order chi connectivity index (χ1) is 17.7. The maximum absolute atomic E-state index is 13.2. The number of hydrogen-bond donors (Lipinski definition) is 1. The van der Waals surface area contributed by atoms with Crippen LogP contribution < -0.4 is 24.4 Å². The summed E-state index contributed by atoms with van der Waals surface area (Å²) in [7, 11) is 0. The number of anilines is 1. The molecule has 37 heavy (non-hydrogen) atoms. The zero-order valence-corrected chi connectivity index (χ0v) is 23.1. The number of benzene rings is 3. The van der Waals surface area contributed by atoms with Gasteiger partial charge in [0.1, 0.15) is 17.9 Å². The monoisotopic (exact) mass is 646 g/mol. The fourth-order valence-corrected chi connectivity index (χ4v) is 5.39. The number of carbonyl (C=O) groups excluding carboxylic acids is 3. The van der Waals surface area contributed by atoms with E-state index in [9.17, 15) is 14.4 Å². The topological polar surface area (TPSA) is 94.2 Å². The van der Waals surface area contributed by atoms with Gasteiger partial charge in [-0.15, -0.1) is 0 Å². The van der Waals surface area contributed by atoms with Gasteiger partial charge in [0, 0.05) is 5.02 Å². The molecule has 3 aromatic carbocycles. The van der Waals surface area contributed by atoms with Crippen LogP contribution in [0, 0.1) is 6.92 Å². The Balaban J connectivity index is 1.39. The van der Waals surface area contributed by atoms with Gasteiger partial charge in [0.05, 0.1) is 14.6 Å². The molecule has 3 aromatic rings. The standard InChI is InChI=1S/C26H17Br2ClN2O6/c1-13-2-4-16(10-20(13)29)31-25(33)17(24(32)30-26(31)34)6-15-7-18(27)23(19(28)8-15)35-11-14-3-5-21-22(9-14)37-12-36-21/h2-10H,11-12H2,1H3,(H,30,32,34)/b17-6-. The van der Waals surface area contributed by atoms with Crippen molar-refractivity contribution in [1.29, 1.82) is 0 Å². The molecule has 0 radical (unpaired) electrons. The first-order valence-electron chi connectivity index (χ1n) is 10.9. The molecule has 8 nitrogen and oxygen atoms in total. The quantitative estimate of drug-likeness (QED) is 0.264. The Labute approximate surface area is 233 Å². The number of hydrogen-bond acceptors (Lipinski definition) is 6. The summed E-state index contributed by atoms with van der Waals surface area (Å²) in [6, 6.07) is 12.9. The number of fused-ring (bicyclic) bond motifs is 1. The van der Waals surface area contributed by atoms with E-state index in [1.807, 2.05) is 18.2 Å².